The van der Waals surface area contributed by atoms with Crippen LogP contribution in [0.3, 0.4) is 0 Å². The van der Waals surface area contributed by atoms with Gasteiger partial charge in [0.05, 0.1) is 12.2 Å². The maximum atomic E-state index is 13.3. The third kappa shape index (κ3) is 3.39. The largest absolute Gasteiger partial charge is 0.443 e. The van der Waals surface area contributed by atoms with E-state index in [1.807, 2.05) is 17.7 Å². The number of oxazole rings is 1. The van der Waals surface area contributed by atoms with Crippen molar-refractivity contribution < 1.29 is 14.0 Å². The maximum absolute atomic E-state index is 13.3. The number of aromatic nitrogens is 3. The summed E-state index contributed by atoms with van der Waals surface area (Å²) in [5.41, 5.74) is 3.61. The maximum Gasteiger partial charge on any atom is 0.283 e. The van der Waals surface area contributed by atoms with Gasteiger partial charge in [-0.05, 0) is 31.9 Å². The molecular weight excluding hydrogens is 380 g/mol. The normalized spacial score (nSPS) is 16.4. The lowest BCUT2D eigenvalue weighted by molar-refractivity contribution is 0.0735. The number of aryl methyl sites for hydroxylation is 1. The highest BCUT2D eigenvalue weighted by atomic mass is 32.1. The second-order valence-electron chi connectivity index (χ2n) is 6.42. The van der Waals surface area contributed by atoms with Crippen molar-refractivity contribution in [1.82, 2.24) is 25.3 Å². The molecule has 0 aliphatic carbocycles. The number of likely N-dealkylation sites (tertiary alicyclic amines) is 1. The zero-order chi connectivity index (χ0) is 19.7. The number of nitrogen functional groups attached to an aromatic ring is 1. The molecule has 9 nitrogen and oxygen atoms in total. The van der Waals surface area contributed by atoms with E-state index >= 15 is 0 Å². The van der Waals surface area contributed by atoms with Gasteiger partial charge in [-0.15, -0.1) is 11.3 Å². The number of hydrazine groups is 1. The van der Waals surface area contributed by atoms with E-state index in [2.05, 4.69) is 15.0 Å². The second kappa shape index (κ2) is 7.49. The Hall–Kier alpha value is -3.11. The van der Waals surface area contributed by atoms with Crippen LogP contribution < -0.4 is 11.3 Å². The summed E-state index contributed by atoms with van der Waals surface area (Å²) in [6.07, 6.45) is 4.61. The number of pyridine rings is 1. The lowest BCUT2D eigenvalue weighted by Gasteiger charge is -2.23. The summed E-state index contributed by atoms with van der Waals surface area (Å²) in [5.74, 6) is 4.66. The zero-order valence-corrected chi connectivity index (χ0v) is 15.9. The molecule has 0 aromatic carbocycles. The molecule has 3 aromatic heterocycles. The summed E-state index contributed by atoms with van der Waals surface area (Å²) in [5, 5.41) is 2.90. The molecule has 0 saturated carbocycles. The first kappa shape index (κ1) is 18.3. The molecule has 0 unspecified atom stereocenters. The molecule has 1 aliphatic rings. The van der Waals surface area contributed by atoms with Gasteiger partial charge in [0.25, 0.3) is 11.8 Å². The number of carbonyl (C=O) groups excluding carboxylic acids is 2. The Kier molecular flexibility index (Phi) is 4.88. The Morgan fingerprint density at radius 3 is 2.89 bits per heavy atom. The first-order valence-corrected chi connectivity index (χ1v) is 9.60. The van der Waals surface area contributed by atoms with Crippen LogP contribution >= 0.6 is 11.3 Å². The van der Waals surface area contributed by atoms with Crippen LogP contribution in [0.4, 0.5) is 0 Å². The molecule has 3 N–H and O–H groups in total. The Labute approximate surface area is 164 Å². The second-order valence-corrected chi connectivity index (χ2v) is 7.31. The molecule has 28 heavy (non-hydrogen) atoms. The van der Waals surface area contributed by atoms with Gasteiger partial charge in [0.1, 0.15) is 22.7 Å². The molecule has 1 fully saturated rings. The van der Waals surface area contributed by atoms with Crippen molar-refractivity contribution in [2.45, 2.75) is 25.8 Å². The molecule has 2 amide bonds. The summed E-state index contributed by atoms with van der Waals surface area (Å²) >= 11 is 1.55. The lowest BCUT2D eigenvalue weighted by atomic mass is 10.1. The van der Waals surface area contributed by atoms with E-state index < -0.39 is 5.91 Å². The summed E-state index contributed by atoms with van der Waals surface area (Å²) in [4.78, 5) is 39.9. The smallest absolute Gasteiger partial charge is 0.283 e. The predicted octanol–water partition coefficient (Wildman–Crippen LogP) is 2.08. The quantitative estimate of drug-likeness (QED) is 0.391. The summed E-state index contributed by atoms with van der Waals surface area (Å²) < 4.78 is 5.27. The van der Waals surface area contributed by atoms with Crippen molar-refractivity contribution in [2.75, 3.05) is 6.54 Å². The summed E-state index contributed by atoms with van der Waals surface area (Å²) in [6.45, 7) is 2.56. The van der Waals surface area contributed by atoms with Crippen LogP contribution in [0.15, 0.2) is 34.4 Å². The van der Waals surface area contributed by atoms with E-state index in [1.165, 1.54) is 18.5 Å². The van der Waals surface area contributed by atoms with Gasteiger partial charge in [-0.25, -0.2) is 20.8 Å². The van der Waals surface area contributed by atoms with Crippen molar-refractivity contribution in [3.63, 3.8) is 0 Å². The Morgan fingerprint density at radius 1 is 1.36 bits per heavy atom. The highest BCUT2D eigenvalue weighted by Crippen LogP contribution is 2.35. The number of hydrogen-bond donors (Lipinski definition) is 2. The van der Waals surface area contributed by atoms with E-state index in [0.29, 0.717) is 12.1 Å². The molecule has 4 heterocycles. The zero-order valence-electron chi connectivity index (χ0n) is 15.1. The van der Waals surface area contributed by atoms with E-state index in [9.17, 15) is 9.59 Å². The Bertz CT molecular complexity index is 1020. The monoisotopic (exact) mass is 398 g/mol. The molecule has 10 heteroatoms. The number of nitrogens with zero attached hydrogens (tertiary/aromatic N) is 4. The van der Waals surface area contributed by atoms with Gasteiger partial charge in [-0.3, -0.25) is 15.0 Å². The van der Waals surface area contributed by atoms with Crippen molar-refractivity contribution >= 4 is 23.2 Å². The minimum Gasteiger partial charge on any atom is -0.443 e. The van der Waals surface area contributed by atoms with Gasteiger partial charge in [0.2, 0.25) is 5.89 Å². The highest BCUT2D eigenvalue weighted by molar-refractivity contribution is 7.09. The molecule has 0 spiro atoms. The van der Waals surface area contributed by atoms with Crippen LogP contribution in [-0.2, 0) is 0 Å². The van der Waals surface area contributed by atoms with Gasteiger partial charge in [0.15, 0.2) is 0 Å². The molecule has 144 valence electrons. The number of amides is 2. The van der Waals surface area contributed by atoms with Gasteiger partial charge in [-0.1, -0.05) is 0 Å². The Morgan fingerprint density at radius 2 is 2.21 bits per heavy atom. The fraction of sp³-hybridized carbons (Fsp3) is 0.278. The number of nitrogens with one attached hydrogen (secondary N) is 1. The third-order valence-corrected chi connectivity index (χ3v) is 5.59. The minimum atomic E-state index is -0.601. The van der Waals surface area contributed by atoms with E-state index in [4.69, 9.17) is 10.3 Å². The summed E-state index contributed by atoms with van der Waals surface area (Å²) in [7, 11) is 0. The first-order chi connectivity index (χ1) is 13.6. The number of carbonyl (C=O) groups is 2. The minimum absolute atomic E-state index is 0.0161. The number of rotatable bonds is 4. The van der Waals surface area contributed by atoms with E-state index in [-0.39, 0.29) is 29.2 Å². The Balaban J connectivity index is 1.71. The molecule has 1 saturated heterocycles. The lowest BCUT2D eigenvalue weighted by Crippen LogP contribution is -2.33. The van der Waals surface area contributed by atoms with Crippen molar-refractivity contribution in [3.05, 3.63) is 51.9 Å². The van der Waals surface area contributed by atoms with Crippen LogP contribution in [0, 0.1) is 6.92 Å². The average Bonchev–Trinajstić information content (AvgIpc) is 3.47. The SMILES string of the molecule is Cc1csc([C@H]2CCCN2C(=O)c2cc(C(=O)NN)nc(-c3ncco3)c2)n1. The van der Waals surface area contributed by atoms with Gasteiger partial charge in [0, 0.05) is 23.2 Å². The van der Waals surface area contributed by atoms with Gasteiger partial charge < -0.3 is 9.32 Å². The number of nitrogens with two attached hydrogens (primary N) is 1. The van der Waals surface area contributed by atoms with Gasteiger partial charge >= 0.3 is 0 Å². The molecule has 4 rings (SSSR count). The van der Waals surface area contributed by atoms with Crippen molar-refractivity contribution in [2.24, 2.45) is 5.84 Å². The fourth-order valence-electron chi connectivity index (χ4n) is 3.26. The van der Waals surface area contributed by atoms with Crippen LogP contribution in [0.5, 0.6) is 0 Å². The molecule has 1 aliphatic heterocycles. The number of thiazole rings is 1. The van der Waals surface area contributed by atoms with Crippen LogP contribution in [0.2, 0.25) is 0 Å². The molecule has 3 aromatic rings. The average molecular weight is 398 g/mol. The molecule has 0 bridgehead atoms. The van der Waals surface area contributed by atoms with Gasteiger partial charge in [-0.2, -0.15) is 0 Å². The first-order valence-electron chi connectivity index (χ1n) is 8.72. The van der Waals surface area contributed by atoms with Crippen molar-refractivity contribution in [1.29, 1.82) is 0 Å². The fourth-order valence-corrected chi connectivity index (χ4v) is 4.20. The van der Waals surface area contributed by atoms with Crippen LogP contribution in [0.25, 0.3) is 11.6 Å². The van der Waals surface area contributed by atoms with Crippen LogP contribution in [-0.4, -0.2) is 38.2 Å². The molecule has 1 atom stereocenters. The summed E-state index contributed by atoms with van der Waals surface area (Å²) in [6, 6.07) is 2.93. The number of hydrogen-bond acceptors (Lipinski definition) is 8. The topological polar surface area (TPSA) is 127 Å². The van der Waals surface area contributed by atoms with Crippen LogP contribution in [0.1, 0.15) is 50.4 Å². The standard InChI is InChI=1S/C18H18N6O3S/c1-10-9-28-17(21-10)14-3-2-5-24(14)18(26)11-7-12(15(25)23-19)22-13(8-11)16-20-4-6-27-16/h4,6-9,14H,2-3,5,19H2,1H3,(H,23,25)/t14-/m1/s1. The third-order valence-electron chi connectivity index (χ3n) is 4.52. The molecular formula is C18H18N6O3S. The van der Waals surface area contributed by atoms with E-state index in [1.54, 1.807) is 22.3 Å². The highest BCUT2D eigenvalue weighted by Gasteiger charge is 2.33. The predicted molar refractivity (Wildman–Crippen MR) is 101 cm³/mol. The molecule has 0 radical (unpaired) electrons. The van der Waals surface area contributed by atoms with E-state index in [0.717, 1.165) is 23.5 Å². The van der Waals surface area contributed by atoms with Crippen molar-refractivity contribution in [3.8, 4) is 11.6 Å².